The summed E-state index contributed by atoms with van der Waals surface area (Å²) in [5, 5.41) is 3.07. The number of nitrogens with zero attached hydrogens (tertiary/aromatic N) is 1. The lowest BCUT2D eigenvalue weighted by atomic mass is 10.1. The molecule has 1 aliphatic rings. The van der Waals surface area contributed by atoms with Gasteiger partial charge in [0.1, 0.15) is 0 Å². The van der Waals surface area contributed by atoms with Gasteiger partial charge in [-0.3, -0.25) is 4.79 Å². The maximum absolute atomic E-state index is 12.3. The van der Waals surface area contributed by atoms with E-state index in [0.29, 0.717) is 0 Å². The van der Waals surface area contributed by atoms with E-state index in [-0.39, 0.29) is 5.91 Å². The Kier molecular flexibility index (Phi) is 8.43. The zero-order valence-electron chi connectivity index (χ0n) is 17.0. The van der Waals surface area contributed by atoms with Gasteiger partial charge < -0.3 is 10.2 Å². The van der Waals surface area contributed by atoms with E-state index >= 15 is 0 Å². The highest BCUT2D eigenvalue weighted by molar-refractivity contribution is 7.98. The van der Waals surface area contributed by atoms with Gasteiger partial charge in [0.2, 0.25) is 0 Å². The van der Waals surface area contributed by atoms with Crippen LogP contribution in [-0.2, 0) is 5.75 Å². The van der Waals surface area contributed by atoms with Gasteiger partial charge in [0, 0.05) is 22.8 Å². The Morgan fingerprint density at radius 3 is 2.32 bits per heavy atom. The number of thioether (sulfide) groups is 1. The maximum atomic E-state index is 12.3. The molecule has 3 nitrogen and oxygen atoms in total. The van der Waals surface area contributed by atoms with Gasteiger partial charge in [-0.05, 0) is 75.6 Å². The Labute approximate surface area is 173 Å². The second kappa shape index (κ2) is 11.3. The molecule has 0 radical (unpaired) electrons. The lowest BCUT2D eigenvalue weighted by Gasteiger charge is -2.19. The number of hydrogen-bond acceptors (Lipinski definition) is 3. The first-order chi connectivity index (χ1) is 13.7. The van der Waals surface area contributed by atoms with Crippen molar-refractivity contribution in [3.63, 3.8) is 0 Å². The number of carbonyl (C=O) groups is 1. The zero-order valence-corrected chi connectivity index (χ0v) is 17.8. The zero-order chi connectivity index (χ0) is 19.6. The van der Waals surface area contributed by atoms with E-state index in [1.165, 1.54) is 54.8 Å². The molecule has 3 rings (SSSR count). The van der Waals surface area contributed by atoms with E-state index in [1.54, 1.807) is 0 Å². The molecular formula is C24H32N2OS. The van der Waals surface area contributed by atoms with Crippen LogP contribution < -0.4 is 5.32 Å². The summed E-state index contributed by atoms with van der Waals surface area (Å²) in [7, 11) is 0. The fraction of sp³-hybridized carbons (Fsp3) is 0.458. The van der Waals surface area contributed by atoms with E-state index in [2.05, 4.69) is 53.5 Å². The van der Waals surface area contributed by atoms with Crippen LogP contribution in [0.5, 0.6) is 0 Å². The molecule has 1 aliphatic heterocycles. The fourth-order valence-electron chi connectivity index (χ4n) is 3.52. The molecule has 1 amide bonds. The minimum atomic E-state index is 0.0357. The first kappa shape index (κ1) is 20.9. The molecule has 2 aromatic carbocycles. The van der Waals surface area contributed by atoms with Gasteiger partial charge in [-0.2, -0.15) is 0 Å². The number of nitrogens with one attached hydrogen (secondary N) is 1. The van der Waals surface area contributed by atoms with Crippen molar-refractivity contribution in [3.05, 3.63) is 65.2 Å². The topological polar surface area (TPSA) is 32.3 Å². The van der Waals surface area contributed by atoms with Crippen LogP contribution in [0.1, 0.15) is 53.6 Å². The lowest BCUT2D eigenvalue weighted by molar-refractivity contribution is 0.0951. The molecule has 0 aliphatic carbocycles. The summed E-state index contributed by atoms with van der Waals surface area (Å²) >= 11 is 1.82. The van der Waals surface area contributed by atoms with Crippen LogP contribution in [0.25, 0.3) is 0 Å². The molecule has 0 bridgehead atoms. The van der Waals surface area contributed by atoms with Crippen LogP contribution in [0.15, 0.2) is 53.4 Å². The predicted molar refractivity (Wildman–Crippen MR) is 119 cm³/mol. The summed E-state index contributed by atoms with van der Waals surface area (Å²) in [4.78, 5) is 16.2. The van der Waals surface area contributed by atoms with Crippen molar-refractivity contribution < 1.29 is 4.79 Å². The van der Waals surface area contributed by atoms with Gasteiger partial charge in [0.25, 0.3) is 5.91 Å². The SMILES string of the molecule is Cc1ccc(SCc2ccc(C(=O)NCCCN3CCCCCC3)cc2)cc1. The summed E-state index contributed by atoms with van der Waals surface area (Å²) < 4.78 is 0. The second-order valence-corrected chi connectivity index (χ2v) is 8.71. The number of benzene rings is 2. The normalized spacial score (nSPS) is 15.2. The van der Waals surface area contributed by atoms with Crippen molar-refractivity contribution in [2.24, 2.45) is 0 Å². The highest BCUT2D eigenvalue weighted by Crippen LogP contribution is 2.23. The van der Waals surface area contributed by atoms with Crippen LogP contribution in [-0.4, -0.2) is 37.0 Å². The van der Waals surface area contributed by atoms with E-state index in [4.69, 9.17) is 0 Å². The van der Waals surface area contributed by atoms with Gasteiger partial charge in [-0.25, -0.2) is 0 Å². The molecule has 1 saturated heterocycles. The maximum Gasteiger partial charge on any atom is 0.251 e. The van der Waals surface area contributed by atoms with Crippen molar-refractivity contribution in [3.8, 4) is 0 Å². The number of likely N-dealkylation sites (tertiary alicyclic amines) is 1. The molecule has 1 heterocycles. The van der Waals surface area contributed by atoms with Crippen molar-refractivity contribution in [2.45, 2.75) is 49.7 Å². The summed E-state index contributed by atoms with van der Waals surface area (Å²) in [5.41, 5.74) is 3.27. The lowest BCUT2D eigenvalue weighted by Crippen LogP contribution is -2.30. The Hall–Kier alpha value is -1.78. The number of carbonyl (C=O) groups excluding carboxylic acids is 1. The fourth-order valence-corrected chi connectivity index (χ4v) is 4.37. The number of hydrogen-bond donors (Lipinski definition) is 1. The first-order valence-corrected chi connectivity index (χ1v) is 11.5. The van der Waals surface area contributed by atoms with Crippen molar-refractivity contribution in [1.82, 2.24) is 10.2 Å². The average molecular weight is 397 g/mol. The summed E-state index contributed by atoms with van der Waals surface area (Å²) in [5.74, 6) is 0.953. The van der Waals surface area contributed by atoms with Crippen LogP contribution in [0.4, 0.5) is 0 Å². The smallest absolute Gasteiger partial charge is 0.251 e. The Morgan fingerprint density at radius 1 is 0.964 bits per heavy atom. The number of rotatable bonds is 8. The van der Waals surface area contributed by atoms with Crippen molar-refractivity contribution >= 4 is 17.7 Å². The minimum Gasteiger partial charge on any atom is -0.352 e. The summed E-state index contributed by atoms with van der Waals surface area (Å²) in [6.07, 6.45) is 6.40. The van der Waals surface area contributed by atoms with Gasteiger partial charge in [-0.15, -0.1) is 11.8 Å². The number of aryl methyl sites for hydroxylation is 1. The van der Waals surface area contributed by atoms with Gasteiger partial charge in [-0.1, -0.05) is 42.7 Å². The minimum absolute atomic E-state index is 0.0357. The van der Waals surface area contributed by atoms with Gasteiger partial charge >= 0.3 is 0 Å². The highest BCUT2D eigenvalue weighted by atomic mass is 32.2. The Balaban J connectivity index is 1.37. The monoisotopic (exact) mass is 396 g/mol. The predicted octanol–water partition coefficient (Wildman–Crippen LogP) is 5.28. The third-order valence-corrected chi connectivity index (χ3v) is 6.36. The third kappa shape index (κ3) is 6.99. The molecule has 0 aromatic heterocycles. The standard InChI is InChI=1S/C24H32N2OS/c1-20-7-13-23(14-8-20)28-19-21-9-11-22(12-10-21)24(27)25-15-6-18-26-16-4-2-3-5-17-26/h7-14H,2-6,15-19H2,1H3,(H,25,27). The molecule has 1 N–H and O–H groups in total. The molecule has 0 unspecified atom stereocenters. The molecule has 150 valence electrons. The first-order valence-electron chi connectivity index (χ1n) is 10.5. The third-order valence-electron chi connectivity index (χ3n) is 5.28. The van der Waals surface area contributed by atoms with Crippen LogP contribution >= 0.6 is 11.8 Å². The van der Waals surface area contributed by atoms with E-state index in [9.17, 15) is 4.79 Å². The van der Waals surface area contributed by atoms with Gasteiger partial charge in [0.05, 0.1) is 0 Å². The molecule has 0 atom stereocenters. The molecule has 4 heteroatoms. The molecule has 1 fully saturated rings. The quantitative estimate of drug-likeness (QED) is 0.486. The molecule has 0 spiro atoms. The molecular weight excluding hydrogens is 364 g/mol. The molecule has 28 heavy (non-hydrogen) atoms. The van der Waals surface area contributed by atoms with Crippen LogP contribution in [0.3, 0.4) is 0 Å². The summed E-state index contributed by atoms with van der Waals surface area (Å²) in [6.45, 7) is 6.38. The Morgan fingerprint density at radius 2 is 1.64 bits per heavy atom. The average Bonchev–Trinajstić information content (AvgIpc) is 3.00. The van der Waals surface area contributed by atoms with E-state index < -0.39 is 0 Å². The van der Waals surface area contributed by atoms with E-state index in [0.717, 1.165) is 30.8 Å². The van der Waals surface area contributed by atoms with Gasteiger partial charge in [0.15, 0.2) is 0 Å². The molecule has 2 aromatic rings. The Bertz CT molecular complexity index is 719. The van der Waals surface area contributed by atoms with Crippen molar-refractivity contribution in [2.75, 3.05) is 26.2 Å². The largest absolute Gasteiger partial charge is 0.352 e. The highest BCUT2D eigenvalue weighted by Gasteiger charge is 2.09. The van der Waals surface area contributed by atoms with Crippen LogP contribution in [0.2, 0.25) is 0 Å². The number of amides is 1. The molecule has 0 saturated carbocycles. The van der Waals surface area contributed by atoms with Crippen molar-refractivity contribution in [1.29, 1.82) is 0 Å². The van der Waals surface area contributed by atoms with Crippen LogP contribution in [0, 0.1) is 6.92 Å². The summed E-state index contributed by atoms with van der Waals surface area (Å²) in [6, 6.07) is 16.6. The second-order valence-electron chi connectivity index (χ2n) is 7.66. The van der Waals surface area contributed by atoms with E-state index in [1.807, 2.05) is 23.9 Å².